The van der Waals surface area contributed by atoms with E-state index in [1.807, 2.05) is 31.2 Å². The van der Waals surface area contributed by atoms with E-state index in [4.69, 9.17) is 21.3 Å². The number of nitrogens with zero attached hydrogens (tertiary/aromatic N) is 4. The van der Waals surface area contributed by atoms with Gasteiger partial charge in [0.25, 0.3) is 5.91 Å². The van der Waals surface area contributed by atoms with E-state index >= 15 is 4.39 Å². The minimum Gasteiger partial charge on any atom is -0.444 e. The predicted octanol–water partition coefficient (Wildman–Crippen LogP) is 7.63. The summed E-state index contributed by atoms with van der Waals surface area (Å²) in [5.74, 6) is -0.659. The molecule has 2 aliphatic heterocycles. The number of carbonyl (C=O) groups is 2. The van der Waals surface area contributed by atoms with Gasteiger partial charge in [0.05, 0.1) is 32.5 Å². The highest BCUT2D eigenvalue weighted by Crippen LogP contribution is 2.37. The molecule has 0 spiro atoms. The van der Waals surface area contributed by atoms with Gasteiger partial charge >= 0.3 is 6.09 Å². The molecule has 4 heterocycles. The fourth-order valence-corrected chi connectivity index (χ4v) is 7.42. The van der Waals surface area contributed by atoms with Gasteiger partial charge in [0.2, 0.25) is 0 Å². The molecule has 0 aliphatic carbocycles. The quantitative estimate of drug-likeness (QED) is 0.207. The van der Waals surface area contributed by atoms with Gasteiger partial charge in [-0.2, -0.15) is 0 Å². The fraction of sp³-hybridized carbons (Fsp3) is 0.485. The summed E-state index contributed by atoms with van der Waals surface area (Å²) >= 11 is 7.97. The second-order valence-corrected chi connectivity index (χ2v) is 14.3. The average Bonchev–Trinajstić information content (AvgIpc) is 3.70. The number of aromatic nitrogens is 2. The van der Waals surface area contributed by atoms with E-state index in [0.29, 0.717) is 52.7 Å². The topological polar surface area (TPSA) is 79.2 Å². The molecular formula is C33H38ClF2N5O3S. The zero-order valence-electron chi connectivity index (χ0n) is 25.7. The van der Waals surface area contributed by atoms with Gasteiger partial charge in [-0.1, -0.05) is 29.0 Å². The summed E-state index contributed by atoms with van der Waals surface area (Å²) in [5, 5.41) is 3.27. The molecule has 1 atom stereocenters. The highest BCUT2D eigenvalue weighted by molar-refractivity contribution is 7.23. The molecular weight excluding hydrogens is 620 g/mol. The SMILES string of the molecule is CC(C)(C)OC(=O)N1CCCC1c1ccc(-c2cn3c(n2)sc2cc(C(=O)NCCCN4CCC(F)CC4)c(Cl)cc23)c(F)c1. The van der Waals surface area contributed by atoms with Gasteiger partial charge in [-0.25, -0.2) is 18.6 Å². The molecule has 2 amide bonds. The van der Waals surface area contributed by atoms with Gasteiger partial charge in [0.1, 0.15) is 17.6 Å². The number of carbonyl (C=O) groups excluding carboxylic acids is 2. The lowest BCUT2D eigenvalue weighted by atomic mass is 10.0. The molecule has 12 heteroatoms. The minimum absolute atomic E-state index is 0.244. The third-order valence-corrected chi connectivity index (χ3v) is 9.75. The average molecular weight is 658 g/mol. The second-order valence-electron chi connectivity index (χ2n) is 12.9. The number of fused-ring (bicyclic) bond motifs is 3. The Kier molecular flexibility index (Phi) is 9.05. The number of imidazole rings is 1. The van der Waals surface area contributed by atoms with Gasteiger partial charge in [0.15, 0.2) is 4.96 Å². The normalized spacial score (nSPS) is 18.3. The summed E-state index contributed by atoms with van der Waals surface area (Å²) in [6.07, 6.45) is 4.18. The third-order valence-electron chi connectivity index (χ3n) is 8.42. The number of alkyl halides is 1. The molecule has 1 unspecified atom stereocenters. The van der Waals surface area contributed by atoms with E-state index in [1.165, 1.54) is 17.4 Å². The molecule has 2 fully saturated rings. The van der Waals surface area contributed by atoms with E-state index < -0.39 is 17.6 Å². The number of likely N-dealkylation sites (tertiary alicyclic amines) is 2. The Hall–Kier alpha value is -3.28. The number of ether oxygens (including phenoxy) is 1. The van der Waals surface area contributed by atoms with E-state index in [0.717, 1.165) is 54.7 Å². The summed E-state index contributed by atoms with van der Waals surface area (Å²) in [6, 6.07) is 8.32. The number of hydrogen-bond acceptors (Lipinski definition) is 6. The van der Waals surface area contributed by atoms with Crippen molar-refractivity contribution in [2.45, 2.75) is 70.7 Å². The molecule has 2 saturated heterocycles. The van der Waals surface area contributed by atoms with Crippen LogP contribution >= 0.6 is 22.9 Å². The zero-order chi connectivity index (χ0) is 31.9. The lowest BCUT2D eigenvalue weighted by molar-refractivity contribution is 0.0224. The Balaban J connectivity index is 1.14. The zero-order valence-corrected chi connectivity index (χ0v) is 27.3. The summed E-state index contributed by atoms with van der Waals surface area (Å²) in [5.41, 5.74) is 2.14. The maximum Gasteiger partial charge on any atom is 0.410 e. The first-order valence-electron chi connectivity index (χ1n) is 15.5. The molecule has 8 nitrogen and oxygen atoms in total. The summed E-state index contributed by atoms with van der Waals surface area (Å²) in [7, 11) is 0. The molecule has 4 aromatic rings. The molecule has 2 aliphatic rings. The van der Waals surface area contributed by atoms with Gasteiger partial charge < -0.3 is 19.9 Å². The van der Waals surface area contributed by atoms with Crippen LogP contribution in [0.3, 0.4) is 0 Å². The van der Waals surface area contributed by atoms with E-state index in [9.17, 15) is 14.0 Å². The summed E-state index contributed by atoms with van der Waals surface area (Å²) in [6.45, 7) is 8.90. The molecule has 240 valence electrons. The van der Waals surface area contributed by atoms with Crippen molar-refractivity contribution in [2.24, 2.45) is 0 Å². The molecule has 0 saturated carbocycles. The lowest BCUT2D eigenvalue weighted by Crippen LogP contribution is -2.36. The molecule has 0 radical (unpaired) electrons. The largest absolute Gasteiger partial charge is 0.444 e. The van der Waals surface area contributed by atoms with Crippen LogP contribution in [0.2, 0.25) is 5.02 Å². The van der Waals surface area contributed by atoms with Crippen molar-refractivity contribution in [3.8, 4) is 11.3 Å². The molecule has 2 aromatic carbocycles. The number of hydrogen-bond donors (Lipinski definition) is 1. The smallest absolute Gasteiger partial charge is 0.410 e. The maximum atomic E-state index is 15.5. The number of amides is 2. The Morgan fingerprint density at radius 2 is 1.91 bits per heavy atom. The standard InChI is InChI=1S/C33H38ClF2N5O3S/c1-33(2,3)44-32(43)40-13-4-6-27(40)20-7-8-22(25(36)16-20)26-19-41-28-18-24(34)23(17-29(28)45-31(41)38-26)30(42)37-11-5-12-39-14-9-21(35)10-15-39/h7-8,16-19,21,27H,4-6,9-15H2,1-3H3,(H,37,42). The number of halogens is 3. The maximum absolute atomic E-state index is 15.5. The van der Waals surface area contributed by atoms with Gasteiger partial charge in [-0.05, 0) is 89.2 Å². The Morgan fingerprint density at radius 1 is 1.13 bits per heavy atom. The van der Waals surface area contributed by atoms with Crippen molar-refractivity contribution < 1.29 is 23.1 Å². The van der Waals surface area contributed by atoms with E-state index in [1.54, 1.807) is 29.3 Å². The monoisotopic (exact) mass is 657 g/mol. The van der Waals surface area contributed by atoms with Crippen molar-refractivity contribution in [1.82, 2.24) is 24.5 Å². The lowest BCUT2D eigenvalue weighted by Gasteiger charge is -2.29. The Morgan fingerprint density at radius 3 is 2.64 bits per heavy atom. The second kappa shape index (κ2) is 12.8. The first-order chi connectivity index (χ1) is 21.5. The van der Waals surface area contributed by atoms with Crippen molar-refractivity contribution in [3.63, 3.8) is 0 Å². The molecule has 45 heavy (non-hydrogen) atoms. The molecule has 1 N–H and O–H groups in total. The van der Waals surface area contributed by atoms with Gasteiger partial charge in [-0.15, -0.1) is 0 Å². The van der Waals surface area contributed by atoms with Crippen molar-refractivity contribution in [2.75, 3.05) is 32.7 Å². The predicted molar refractivity (Wildman–Crippen MR) is 173 cm³/mol. The van der Waals surface area contributed by atoms with Crippen LogP contribution in [-0.2, 0) is 4.74 Å². The first kappa shape index (κ1) is 31.7. The van der Waals surface area contributed by atoms with Gasteiger partial charge in [-0.3, -0.25) is 9.20 Å². The van der Waals surface area contributed by atoms with Crippen LogP contribution in [0.15, 0.2) is 36.5 Å². The van der Waals surface area contributed by atoms with Crippen LogP contribution in [-0.4, -0.2) is 75.7 Å². The fourth-order valence-electron chi connectivity index (χ4n) is 6.15. The molecule has 2 aromatic heterocycles. The number of benzene rings is 2. The van der Waals surface area contributed by atoms with Crippen molar-refractivity contribution in [1.29, 1.82) is 0 Å². The summed E-state index contributed by atoms with van der Waals surface area (Å²) in [4.78, 5) is 34.9. The first-order valence-corrected chi connectivity index (χ1v) is 16.7. The van der Waals surface area contributed by atoms with E-state index in [2.05, 4.69) is 10.2 Å². The number of thiazole rings is 1. The number of rotatable bonds is 7. The third kappa shape index (κ3) is 6.95. The van der Waals surface area contributed by atoms with E-state index in [-0.39, 0.29) is 18.0 Å². The summed E-state index contributed by atoms with van der Waals surface area (Å²) < 4.78 is 37.1. The Labute approximate surface area is 270 Å². The highest BCUT2D eigenvalue weighted by atomic mass is 35.5. The van der Waals surface area contributed by atoms with Crippen LogP contribution < -0.4 is 5.32 Å². The minimum atomic E-state index is -0.695. The van der Waals surface area contributed by atoms with Crippen LogP contribution in [0.4, 0.5) is 13.6 Å². The van der Waals surface area contributed by atoms with Crippen LogP contribution in [0.1, 0.15) is 74.8 Å². The van der Waals surface area contributed by atoms with Crippen LogP contribution in [0, 0.1) is 5.82 Å². The number of piperidine rings is 1. The highest BCUT2D eigenvalue weighted by Gasteiger charge is 2.33. The number of nitrogens with one attached hydrogen (secondary N) is 1. The molecule has 6 rings (SSSR count). The Bertz CT molecular complexity index is 1730. The van der Waals surface area contributed by atoms with Crippen LogP contribution in [0.25, 0.3) is 26.4 Å². The van der Waals surface area contributed by atoms with Crippen LogP contribution in [0.5, 0.6) is 0 Å². The molecule has 0 bridgehead atoms. The van der Waals surface area contributed by atoms with Gasteiger partial charge in [0, 0.05) is 37.9 Å². The van der Waals surface area contributed by atoms with Crippen molar-refractivity contribution >= 4 is 50.1 Å². The van der Waals surface area contributed by atoms with Crippen molar-refractivity contribution in [3.05, 3.63) is 58.5 Å².